The summed E-state index contributed by atoms with van der Waals surface area (Å²) >= 11 is 0. The Bertz CT molecular complexity index is 358. The van der Waals surface area contributed by atoms with Crippen LogP contribution in [0, 0.1) is 6.92 Å². The molecule has 0 spiro atoms. The van der Waals surface area contributed by atoms with Crippen molar-refractivity contribution >= 4 is 6.08 Å². The van der Waals surface area contributed by atoms with Crippen LogP contribution in [0.25, 0.3) is 6.08 Å². The molecule has 94 valence electrons. The largest absolute Gasteiger partial charge is 0.497 e. The van der Waals surface area contributed by atoms with Crippen LogP contribution in [-0.2, 0) is 0 Å². The van der Waals surface area contributed by atoms with Gasteiger partial charge >= 0.3 is 0 Å². The van der Waals surface area contributed by atoms with Crippen molar-refractivity contribution in [3.05, 3.63) is 35.4 Å². The quantitative estimate of drug-likeness (QED) is 0.729. The number of rotatable bonds is 7. The van der Waals surface area contributed by atoms with Gasteiger partial charge in [-0.25, -0.2) is 0 Å². The first-order valence-corrected chi connectivity index (χ1v) is 6.29. The van der Waals surface area contributed by atoms with Crippen LogP contribution in [0.1, 0.15) is 30.9 Å². The van der Waals surface area contributed by atoms with Gasteiger partial charge in [0.25, 0.3) is 0 Å². The van der Waals surface area contributed by atoms with Gasteiger partial charge in [-0.1, -0.05) is 25.1 Å². The first-order chi connectivity index (χ1) is 8.27. The number of aryl methyl sites for hydroxylation is 1. The van der Waals surface area contributed by atoms with Crippen molar-refractivity contribution < 1.29 is 4.74 Å². The van der Waals surface area contributed by atoms with E-state index in [9.17, 15) is 0 Å². The summed E-state index contributed by atoms with van der Waals surface area (Å²) < 4.78 is 5.19. The molecule has 0 saturated heterocycles. The Labute approximate surface area is 105 Å². The fourth-order valence-electron chi connectivity index (χ4n) is 1.66. The highest BCUT2D eigenvalue weighted by atomic mass is 16.5. The van der Waals surface area contributed by atoms with Crippen LogP contribution >= 0.6 is 0 Å². The summed E-state index contributed by atoms with van der Waals surface area (Å²) in [6, 6.07) is 6.17. The van der Waals surface area contributed by atoms with Gasteiger partial charge in [0.05, 0.1) is 7.11 Å². The van der Waals surface area contributed by atoms with Gasteiger partial charge in [-0.2, -0.15) is 0 Å². The van der Waals surface area contributed by atoms with E-state index in [0.717, 1.165) is 25.3 Å². The lowest BCUT2D eigenvalue weighted by molar-refractivity contribution is 0.414. The Morgan fingerprint density at radius 3 is 2.76 bits per heavy atom. The number of ether oxygens (including phenoxy) is 1. The molecule has 2 nitrogen and oxygen atoms in total. The number of nitrogens with one attached hydrogen (secondary N) is 1. The zero-order valence-corrected chi connectivity index (χ0v) is 11.1. The molecule has 0 aliphatic rings. The van der Waals surface area contributed by atoms with Crippen molar-refractivity contribution in [2.24, 2.45) is 0 Å². The lowest BCUT2D eigenvalue weighted by Gasteiger charge is -2.04. The minimum Gasteiger partial charge on any atom is -0.497 e. The molecule has 1 aromatic rings. The number of hydrogen-bond acceptors (Lipinski definition) is 2. The molecule has 0 unspecified atom stereocenters. The maximum absolute atomic E-state index is 5.19. The molecule has 0 aromatic heterocycles. The lowest BCUT2D eigenvalue weighted by atomic mass is 10.1. The number of benzene rings is 1. The number of hydrogen-bond donors (Lipinski definition) is 1. The second kappa shape index (κ2) is 7.91. The van der Waals surface area contributed by atoms with E-state index >= 15 is 0 Å². The predicted octanol–water partition coefficient (Wildman–Crippen LogP) is 3.41. The van der Waals surface area contributed by atoms with Crippen LogP contribution in [0.5, 0.6) is 5.75 Å². The Morgan fingerprint density at radius 2 is 2.12 bits per heavy atom. The molecule has 0 aliphatic heterocycles. The topological polar surface area (TPSA) is 21.3 Å². The van der Waals surface area contributed by atoms with E-state index in [1.165, 1.54) is 17.5 Å². The second-order valence-corrected chi connectivity index (χ2v) is 4.16. The molecule has 1 rings (SSSR count). The van der Waals surface area contributed by atoms with Gasteiger partial charge in [-0.05, 0) is 56.1 Å². The molecule has 0 fully saturated rings. The van der Waals surface area contributed by atoms with Gasteiger partial charge in [0, 0.05) is 0 Å². The summed E-state index contributed by atoms with van der Waals surface area (Å²) in [6.07, 6.45) is 6.67. The molecule has 17 heavy (non-hydrogen) atoms. The minimum atomic E-state index is 0.921. The second-order valence-electron chi connectivity index (χ2n) is 4.16. The molecule has 1 aromatic carbocycles. The first kappa shape index (κ1) is 13.8. The van der Waals surface area contributed by atoms with Crippen LogP contribution in [0.2, 0.25) is 0 Å². The summed E-state index contributed by atoms with van der Waals surface area (Å²) in [5.74, 6) is 0.921. The van der Waals surface area contributed by atoms with Gasteiger partial charge in [0.15, 0.2) is 0 Å². The van der Waals surface area contributed by atoms with Gasteiger partial charge in [-0.15, -0.1) is 0 Å². The highest BCUT2D eigenvalue weighted by Crippen LogP contribution is 2.17. The van der Waals surface area contributed by atoms with Crippen molar-refractivity contribution in [2.45, 2.75) is 26.7 Å². The third-order valence-electron chi connectivity index (χ3n) is 2.69. The summed E-state index contributed by atoms with van der Waals surface area (Å²) in [5.41, 5.74) is 2.52. The highest BCUT2D eigenvalue weighted by Gasteiger charge is 1.96. The summed E-state index contributed by atoms with van der Waals surface area (Å²) in [6.45, 7) is 6.45. The molecular formula is C15H23NO. The van der Waals surface area contributed by atoms with Crippen LogP contribution in [0.15, 0.2) is 24.3 Å². The first-order valence-electron chi connectivity index (χ1n) is 6.29. The standard InChI is InChI=1S/C15H23NO/c1-4-10-16-11-6-5-7-14-8-9-15(17-3)12-13(14)2/h5,7-9,12,16H,4,6,10-11H2,1-3H3. The fourth-order valence-corrected chi connectivity index (χ4v) is 1.66. The fraction of sp³-hybridized carbons (Fsp3) is 0.467. The van der Waals surface area contributed by atoms with Crippen molar-refractivity contribution in [1.82, 2.24) is 5.32 Å². The molecule has 2 heteroatoms. The molecule has 0 aliphatic carbocycles. The van der Waals surface area contributed by atoms with E-state index in [0.29, 0.717) is 0 Å². The van der Waals surface area contributed by atoms with Crippen molar-refractivity contribution in [3.63, 3.8) is 0 Å². The van der Waals surface area contributed by atoms with Gasteiger partial charge < -0.3 is 10.1 Å². The zero-order valence-electron chi connectivity index (χ0n) is 11.1. The van der Waals surface area contributed by atoms with Crippen LogP contribution in [0.4, 0.5) is 0 Å². The third kappa shape index (κ3) is 5.05. The van der Waals surface area contributed by atoms with Crippen molar-refractivity contribution in [2.75, 3.05) is 20.2 Å². The molecule has 0 bridgehead atoms. The summed E-state index contributed by atoms with van der Waals surface area (Å²) in [7, 11) is 1.70. The van der Waals surface area contributed by atoms with E-state index in [-0.39, 0.29) is 0 Å². The average Bonchev–Trinajstić information content (AvgIpc) is 2.35. The lowest BCUT2D eigenvalue weighted by Crippen LogP contribution is -2.14. The monoisotopic (exact) mass is 233 g/mol. The number of methoxy groups -OCH3 is 1. The molecule has 0 radical (unpaired) electrons. The van der Waals surface area contributed by atoms with Gasteiger partial charge in [-0.3, -0.25) is 0 Å². The van der Waals surface area contributed by atoms with E-state index < -0.39 is 0 Å². The van der Waals surface area contributed by atoms with Gasteiger partial charge in [0.2, 0.25) is 0 Å². The molecule has 0 saturated carbocycles. The third-order valence-corrected chi connectivity index (χ3v) is 2.69. The maximum Gasteiger partial charge on any atom is 0.119 e. The minimum absolute atomic E-state index is 0.921. The van der Waals surface area contributed by atoms with E-state index in [1.807, 2.05) is 6.07 Å². The van der Waals surface area contributed by atoms with Crippen molar-refractivity contribution in [3.8, 4) is 5.75 Å². The zero-order chi connectivity index (χ0) is 12.5. The Balaban J connectivity index is 2.42. The van der Waals surface area contributed by atoms with E-state index in [4.69, 9.17) is 4.74 Å². The van der Waals surface area contributed by atoms with E-state index in [1.54, 1.807) is 7.11 Å². The highest BCUT2D eigenvalue weighted by molar-refractivity contribution is 5.55. The normalized spacial score (nSPS) is 11.0. The maximum atomic E-state index is 5.19. The molecular weight excluding hydrogens is 210 g/mol. The van der Waals surface area contributed by atoms with Crippen LogP contribution in [0.3, 0.4) is 0 Å². The predicted molar refractivity (Wildman–Crippen MR) is 74.5 cm³/mol. The van der Waals surface area contributed by atoms with E-state index in [2.05, 4.69) is 43.4 Å². The average molecular weight is 233 g/mol. The SMILES string of the molecule is CCCNCCC=Cc1ccc(OC)cc1C. The summed E-state index contributed by atoms with van der Waals surface area (Å²) in [4.78, 5) is 0. The molecule has 0 atom stereocenters. The molecule has 1 N–H and O–H groups in total. The molecule has 0 amide bonds. The van der Waals surface area contributed by atoms with Crippen LogP contribution < -0.4 is 10.1 Å². The summed E-state index contributed by atoms with van der Waals surface area (Å²) in [5, 5.41) is 3.38. The van der Waals surface area contributed by atoms with Crippen LogP contribution in [-0.4, -0.2) is 20.2 Å². The Morgan fingerprint density at radius 1 is 1.29 bits per heavy atom. The molecule has 0 heterocycles. The smallest absolute Gasteiger partial charge is 0.119 e. The Kier molecular flexibility index (Phi) is 6.41. The van der Waals surface area contributed by atoms with Gasteiger partial charge in [0.1, 0.15) is 5.75 Å². The van der Waals surface area contributed by atoms with Crippen molar-refractivity contribution in [1.29, 1.82) is 0 Å². The Hall–Kier alpha value is -1.28.